The highest BCUT2D eigenvalue weighted by Crippen LogP contribution is 2.26. The maximum absolute atomic E-state index is 14.2. The van der Waals surface area contributed by atoms with Crippen LogP contribution in [0.3, 0.4) is 0 Å². The Balaban J connectivity index is 1.68. The zero-order valence-corrected chi connectivity index (χ0v) is 25.6. The monoisotopic (exact) mass is 611 g/mol. The lowest BCUT2D eigenvalue weighted by molar-refractivity contribution is -0.140. The topological polar surface area (TPSA) is 96.0 Å². The van der Waals surface area contributed by atoms with Gasteiger partial charge in [-0.05, 0) is 73.4 Å². The molecule has 0 unspecified atom stereocenters. The summed E-state index contributed by atoms with van der Waals surface area (Å²) >= 11 is 6.10. The highest BCUT2D eigenvalue weighted by molar-refractivity contribution is 7.92. The van der Waals surface area contributed by atoms with E-state index in [-0.39, 0.29) is 23.4 Å². The smallest absolute Gasteiger partial charge is 0.264 e. The summed E-state index contributed by atoms with van der Waals surface area (Å²) in [5.41, 5.74) is 1.12. The van der Waals surface area contributed by atoms with Crippen molar-refractivity contribution in [1.82, 2.24) is 10.2 Å². The third kappa shape index (κ3) is 7.83. The molecular formula is C32H38ClN3O5S. The van der Waals surface area contributed by atoms with Crippen LogP contribution in [0.1, 0.15) is 51.0 Å². The highest BCUT2D eigenvalue weighted by Gasteiger charge is 2.34. The fourth-order valence-corrected chi connectivity index (χ4v) is 6.79. The second kappa shape index (κ2) is 14.6. The summed E-state index contributed by atoms with van der Waals surface area (Å²) in [5, 5.41) is 3.71. The summed E-state index contributed by atoms with van der Waals surface area (Å²) < 4.78 is 34.2. The molecule has 1 aliphatic rings. The molecule has 0 aliphatic heterocycles. The van der Waals surface area contributed by atoms with Crippen LogP contribution >= 0.6 is 11.6 Å². The average molecular weight is 612 g/mol. The number of carbonyl (C=O) groups excluding carboxylic acids is 2. The molecule has 1 saturated carbocycles. The molecule has 8 nitrogen and oxygen atoms in total. The fraction of sp³-hybridized carbons (Fsp3) is 0.375. The Morgan fingerprint density at radius 2 is 1.60 bits per heavy atom. The van der Waals surface area contributed by atoms with E-state index < -0.39 is 28.5 Å². The first-order valence-corrected chi connectivity index (χ1v) is 16.1. The Morgan fingerprint density at radius 1 is 0.952 bits per heavy atom. The number of ether oxygens (including phenoxy) is 1. The Morgan fingerprint density at radius 3 is 2.19 bits per heavy atom. The Labute approximate surface area is 253 Å². The van der Waals surface area contributed by atoms with Gasteiger partial charge in [0, 0.05) is 17.6 Å². The maximum atomic E-state index is 14.2. The molecule has 3 aromatic rings. The van der Waals surface area contributed by atoms with Crippen molar-refractivity contribution >= 4 is 39.1 Å². The second-order valence-corrected chi connectivity index (χ2v) is 12.7. The molecule has 0 radical (unpaired) electrons. The Bertz CT molecular complexity index is 1430. The molecule has 1 N–H and O–H groups in total. The fourth-order valence-electron chi connectivity index (χ4n) is 5.25. The van der Waals surface area contributed by atoms with E-state index in [0.29, 0.717) is 22.9 Å². The van der Waals surface area contributed by atoms with Crippen molar-refractivity contribution in [2.75, 3.05) is 18.0 Å². The van der Waals surface area contributed by atoms with Gasteiger partial charge in [0.15, 0.2) is 0 Å². The van der Waals surface area contributed by atoms with Crippen LogP contribution < -0.4 is 14.4 Å². The number of rotatable bonds is 12. The number of sulfonamides is 1. The number of amides is 2. The summed E-state index contributed by atoms with van der Waals surface area (Å²) in [4.78, 5) is 29.3. The predicted molar refractivity (Wildman–Crippen MR) is 165 cm³/mol. The number of benzene rings is 3. The lowest BCUT2D eigenvalue weighted by Crippen LogP contribution is -2.54. The van der Waals surface area contributed by atoms with Crippen LogP contribution in [0.5, 0.6) is 5.75 Å². The van der Waals surface area contributed by atoms with Gasteiger partial charge in [-0.1, -0.05) is 68.1 Å². The molecule has 0 heterocycles. The van der Waals surface area contributed by atoms with Crippen molar-refractivity contribution in [3.63, 3.8) is 0 Å². The molecule has 0 spiro atoms. The maximum Gasteiger partial charge on any atom is 0.264 e. The van der Waals surface area contributed by atoms with Crippen LogP contribution in [0.2, 0.25) is 5.02 Å². The van der Waals surface area contributed by atoms with Crippen LogP contribution in [0.25, 0.3) is 0 Å². The van der Waals surface area contributed by atoms with Gasteiger partial charge in [0.25, 0.3) is 10.0 Å². The lowest BCUT2D eigenvalue weighted by Gasteiger charge is -2.34. The number of nitrogens with one attached hydrogen (secondary N) is 1. The van der Waals surface area contributed by atoms with Gasteiger partial charge in [-0.2, -0.15) is 0 Å². The molecule has 42 heavy (non-hydrogen) atoms. The normalized spacial score (nSPS) is 14.5. The summed E-state index contributed by atoms with van der Waals surface area (Å²) in [7, 11) is -2.65. The van der Waals surface area contributed by atoms with Gasteiger partial charge in [-0.3, -0.25) is 13.9 Å². The largest absolute Gasteiger partial charge is 0.497 e. The third-order valence-electron chi connectivity index (χ3n) is 7.57. The van der Waals surface area contributed by atoms with Crippen molar-refractivity contribution in [3.8, 4) is 5.75 Å². The first-order valence-electron chi connectivity index (χ1n) is 14.3. The summed E-state index contributed by atoms with van der Waals surface area (Å²) in [6, 6.07) is 20.9. The molecule has 2 amide bonds. The number of methoxy groups -OCH3 is 1. The molecular weight excluding hydrogens is 574 g/mol. The first kappa shape index (κ1) is 31.4. The molecule has 1 atom stereocenters. The first-order chi connectivity index (χ1) is 20.2. The van der Waals surface area contributed by atoms with Gasteiger partial charge in [0.1, 0.15) is 18.3 Å². The van der Waals surface area contributed by atoms with E-state index in [1.807, 2.05) is 6.92 Å². The minimum absolute atomic E-state index is 0.0197. The van der Waals surface area contributed by atoms with Gasteiger partial charge in [-0.15, -0.1) is 0 Å². The minimum Gasteiger partial charge on any atom is -0.497 e. The van der Waals surface area contributed by atoms with Gasteiger partial charge >= 0.3 is 0 Å². The van der Waals surface area contributed by atoms with Crippen LogP contribution in [-0.4, -0.2) is 50.9 Å². The second-order valence-electron chi connectivity index (χ2n) is 10.4. The number of carbonyl (C=O) groups is 2. The Hall–Kier alpha value is -3.56. The average Bonchev–Trinajstić information content (AvgIpc) is 3.01. The van der Waals surface area contributed by atoms with E-state index in [1.54, 1.807) is 66.7 Å². The number of halogens is 1. The number of nitrogens with zero attached hydrogens (tertiary/aromatic N) is 2. The highest BCUT2D eigenvalue weighted by atomic mass is 35.5. The SMILES string of the molecule is CC[C@@H](C(=O)NC1CCCCC1)N(Cc1ccc(Cl)cc1)C(=O)CN(c1ccccc1)S(=O)(=O)c1ccc(OC)cc1. The molecule has 10 heteroatoms. The number of hydrogen-bond acceptors (Lipinski definition) is 5. The Kier molecular flexibility index (Phi) is 10.9. The van der Waals surface area contributed by atoms with Gasteiger partial charge in [-0.25, -0.2) is 8.42 Å². The molecule has 1 fully saturated rings. The van der Waals surface area contributed by atoms with Crippen molar-refractivity contribution < 1.29 is 22.7 Å². The third-order valence-corrected chi connectivity index (χ3v) is 9.61. The van der Waals surface area contributed by atoms with Crippen molar-refractivity contribution in [2.45, 2.75) is 69.0 Å². The summed E-state index contributed by atoms with van der Waals surface area (Å²) in [6.07, 6.45) is 5.47. The van der Waals surface area contributed by atoms with Gasteiger partial charge < -0.3 is 15.0 Å². The molecule has 0 bridgehead atoms. The molecule has 4 rings (SSSR count). The quantitative estimate of drug-likeness (QED) is 0.279. The van der Waals surface area contributed by atoms with Gasteiger partial charge in [0.05, 0.1) is 17.7 Å². The van der Waals surface area contributed by atoms with Crippen molar-refractivity contribution in [3.05, 3.63) is 89.4 Å². The van der Waals surface area contributed by atoms with E-state index >= 15 is 0 Å². The summed E-state index contributed by atoms with van der Waals surface area (Å²) in [6.45, 7) is 1.49. The minimum atomic E-state index is -4.15. The number of para-hydroxylation sites is 1. The van der Waals surface area contributed by atoms with Crippen LogP contribution in [0, 0.1) is 0 Å². The predicted octanol–water partition coefficient (Wildman–Crippen LogP) is 5.80. The van der Waals surface area contributed by atoms with Gasteiger partial charge in [0.2, 0.25) is 11.8 Å². The molecule has 0 aromatic heterocycles. The molecule has 3 aromatic carbocycles. The van der Waals surface area contributed by atoms with E-state index in [1.165, 1.54) is 24.1 Å². The molecule has 224 valence electrons. The van der Waals surface area contributed by atoms with E-state index in [9.17, 15) is 18.0 Å². The standard InChI is InChI=1S/C32H38ClN3O5S/c1-3-30(32(38)34-26-10-6-4-7-11-26)35(22-24-14-16-25(33)17-15-24)31(37)23-36(27-12-8-5-9-13-27)42(39,40)29-20-18-28(41-2)19-21-29/h5,8-9,12-21,26,30H,3-4,6-7,10-11,22-23H2,1-2H3,(H,34,38)/t30-/m0/s1. The zero-order valence-electron chi connectivity index (χ0n) is 24.0. The van der Waals surface area contributed by atoms with Crippen molar-refractivity contribution in [1.29, 1.82) is 0 Å². The molecule has 1 aliphatic carbocycles. The van der Waals surface area contributed by atoms with Crippen LogP contribution in [0.15, 0.2) is 83.8 Å². The number of hydrogen-bond donors (Lipinski definition) is 1. The van der Waals surface area contributed by atoms with Crippen LogP contribution in [-0.2, 0) is 26.2 Å². The van der Waals surface area contributed by atoms with Crippen molar-refractivity contribution in [2.24, 2.45) is 0 Å². The molecule has 0 saturated heterocycles. The lowest BCUT2D eigenvalue weighted by atomic mass is 9.95. The summed E-state index contributed by atoms with van der Waals surface area (Å²) in [5.74, 6) is -0.201. The number of anilines is 1. The van der Waals surface area contributed by atoms with E-state index in [0.717, 1.165) is 42.0 Å². The van der Waals surface area contributed by atoms with E-state index in [2.05, 4.69) is 5.32 Å². The van der Waals surface area contributed by atoms with Crippen LogP contribution in [0.4, 0.5) is 5.69 Å². The zero-order chi connectivity index (χ0) is 30.1. The van der Waals surface area contributed by atoms with E-state index in [4.69, 9.17) is 16.3 Å².